The van der Waals surface area contributed by atoms with Gasteiger partial charge in [0, 0.05) is 18.7 Å². The van der Waals surface area contributed by atoms with Crippen molar-refractivity contribution in [3.05, 3.63) is 65.0 Å². The summed E-state index contributed by atoms with van der Waals surface area (Å²) in [5.41, 5.74) is 0.777. The monoisotopic (exact) mass is 428 g/mol. The molecule has 3 rings (SSSR count). The standard InChI is InChI=1S/C23H25FN2O5/c1-25(2)11-12-26-20(15-7-10-17(30-3)18(13-15)31-4)19(22(28)23(26)29)21(27)14-5-8-16(24)9-6-14/h5-10,13,20,27H,11-12H2,1-4H3/t20-/m0/s1. The first-order valence-electron chi connectivity index (χ1n) is 9.69. The molecule has 0 aromatic heterocycles. The number of carbonyl (C=O) groups is 2. The summed E-state index contributed by atoms with van der Waals surface area (Å²) in [6.45, 7) is 0.796. The molecule has 2 aromatic carbocycles. The Morgan fingerprint density at radius 1 is 1.06 bits per heavy atom. The number of ether oxygens (including phenoxy) is 2. The average molecular weight is 428 g/mol. The SMILES string of the molecule is COc1ccc([C@H]2C(=C(O)c3ccc(F)cc3)C(=O)C(=O)N2CCN(C)C)cc1OC. The Morgan fingerprint density at radius 3 is 2.29 bits per heavy atom. The molecule has 1 heterocycles. The molecule has 0 spiro atoms. The Morgan fingerprint density at radius 2 is 1.71 bits per heavy atom. The van der Waals surface area contributed by atoms with Gasteiger partial charge in [-0.25, -0.2) is 4.39 Å². The summed E-state index contributed by atoms with van der Waals surface area (Å²) in [4.78, 5) is 29.1. The van der Waals surface area contributed by atoms with Gasteiger partial charge in [0.1, 0.15) is 11.6 Å². The molecule has 1 N–H and O–H groups in total. The molecule has 1 saturated heterocycles. The normalized spacial score (nSPS) is 18.0. The van der Waals surface area contributed by atoms with E-state index in [4.69, 9.17) is 9.47 Å². The molecule has 7 nitrogen and oxygen atoms in total. The van der Waals surface area contributed by atoms with Gasteiger partial charge in [-0.15, -0.1) is 0 Å². The van der Waals surface area contributed by atoms with Gasteiger partial charge >= 0.3 is 0 Å². The molecule has 1 atom stereocenters. The Bertz CT molecular complexity index is 1020. The first kappa shape index (κ1) is 22.3. The van der Waals surface area contributed by atoms with Crippen LogP contribution in [0.2, 0.25) is 0 Å². The zero-order chi connectivity index (χ0) is 22.7. The molecule has 164 valence electrons. The number of ketones is 1. The number of likely N-dealkylation sites (tertiary alicyclic amines) is 1. The zero-order valence-electron chi connectivity index (χ0n) is 17.9. The van der Waals surface area contributed by atoms with E-state index in [2.05, 4.69) is 0 Å². The number of hydrogen-bond acceptors (Lipinski definition) is 6. The molecule has 0 radical (unpaired) electrons. The summed E-state index contributed by atoms with van der Waals surface area (Å²) in [6, 6.07) is 9.34. The zero-order valence-corrected chi connectivity index (χ0v) is 17.9. The number of nitrogens with zero attached hydrogens (tertiary/aromatic N) is 2. The van der Waals surface area contributed by atoms with E-state index in [9.17, 15) is 19.1 Å². The number of hydrogen-bond donors (Lipinski definition) is 1. The largest absolute Gasteiger partial charge is 0.507 e. The highest BCUT2D eigenvalue weighted by Crippen LogP contribution is 2.41. The van der Waals surface area contributed by atoms with Gasteiger partial charge in [0.15, 0.2) is 11.5 Å². The minimum Gasteiger partial charge on any atom is -0.507 e. The number of benzene rings is 2. The van der Waals surface area contributed by atoms with Crippen molar-refractivity contribution < 1.29 is 28.6 Å². The van der Waals surface area contributed by atoms with Crippen LogP contribution in [0, 0.1) is 5.82 Å². The smallest absolute Gasteiger partial charge is 0.295 e. The Balaban J connectivity index is 2.18. The van der Waals surface area contributed by atoms with E-state index in [0.29, 0.717) is 23.6 Å². The highest BCUT2D eigenvalue weighted by molar-refractivity contribution is 6.46. The number of Topliss-reactive ketones (excluding diaryl/α,β-unsaturated/α-hetero) is 1. The van der Waals surface area contributed by atoms with E-state index in [0.717, 1.165) is 0 Å². The number of methoxy groups -OCH3 is 2. The van der Waals surface area contributed by atoms with Gasteiger partial charge in [0.2, 0.25) is 0 Å². The second-order valence-corrected chi connectivity index (χ2v) is 7.42. The maximum Gasteiger partial charge on any atom is 0.295 e. The maximum absolute atomic E-state index is 13.3. The van der Waals surface area contributed by atoms with Crippen molar-refractivity contribution in [1.29, 1.82) is 0 Å². The first-order valence-corrected chi connectivity index (χ1v) is 9.69. The summed E-state index contributed by atoms with van der Waals surface area (Å²) in [7, 11) is 6.72. The minimum absolute atomic E-state index is 0.0532. The van der Waals surface area contributed by atoms with Crippen LogP contribution in [0.5, 0.6) is 11.5 Å². The predicted octanol–water partition coefficient (Wildman–Crippen LogP) is 2.83. The average Bonchev–Trinajstić information content (AvgIpc) is 3.01. The number of likely N-dealkylation sites (N-methyl/N-ethyl adjacent to an activating group) is 1. The lowest BCUT2D eigenvalue weighted by molar-refractivity contribution is -0.140. The molecular weight excluding hydrogens is 403 g/mol. The van der Waals surface area contributed by atoms with Crippen LogP contribution in [0.1, 0.15) is 17.2 Å². The Kier molecular flexibility index (Phi) is 6.60. The Hall–Kier alpha value is -3.39. The van der Waals surface area contributed by atoms with Crippen LogP contribution < -0.4 is 9.47 Å². The van der Waals surface area contributed by atoms with Crippen molar-refractivity contribution in [3.8, 4) is 11.5 Å². The van der Waals surface area contributed by atoms with E-state index in [-0.39, 0.29) is 23.4 Å². The summed E-state index contributed by atoms with van der Waals surface area (Å²) in [5.74, 6) is -1.40. The lowest BCUT2D eigenvalue weighted by Crippen LogP contribution is -2.35. The second kappa shape index (κ2) is 9.18. The molecule has 1 fully saturated rings. The van der Waals surface area contributed by atoms with Crippen LogP contribution in [0.4, 0.5) is 4.39 Å². The second-order valence-electron chi connectivity index (χ2n) is 7.42. The third-order valence-corrected chi connectivity index (χ3v) is 5.17. The third kappa shape index (κ3) is 4.39. The fourth-order valence-corrected chi connectivity index (χ4v) is 3.55. The molecule has 31 heavy (non-hydrogen) atoms. The summed E-state index contributed by atoms with van der Waals surface area (Å²) in [6.07, 6.45) is 0. The third-order valence-electron chi connectivity index (χ3n) is 5.17. The predicted molar refractivity (Wildman–Crippen MR) is 114 cm³/mol. The van der Waals surface area contributed by atoms with E-state index in [1.54, 1.807) is 18.2 Å². The van der Waals surface area contributed by atoms with Gasteiger partial charge < -0.3 is 24.4 Å². The van der Waals surface area contributed by atoms with Crippen molar-refractivity contribution in [2.24, 2.45) is 0 Å². The van der Waals surface area contributed by atoms with Crippen molar-refractivity contribution in [3.63, 3.8) is 0 Å². The van der Waals surface area contributed by atoms with Gasteiger partial charge in [-0.3, -0.25) is 9.59 Å². The lowest BCUT2D eigenvalue weighted by Gasteiger charge is -2.27. The number of carbonyl (C=O) groups excluding carboxylic acids is 2. The lowest BCUT2D eigenvalue weighted by atomic mass is 9.95. The summed E-state index contributed by atoms with van der Waals surface area (Å²) >= 11 is 0. The molecule has 0 bridgehead atoms. The topological polar surface area (TPSA) is 79.3 Å². The van der Waals surface area contributed by atoms with Crippen LogP contribution in [0.25, 0.3) is 5.76 Å². The van der Waals surface area contributed by atoms with Crippen molar-refractivity contribution in [2.45, 2.75) is 6.04 Å². The van der Waals surface area contributed by atoms with E-state index < -0.39 is 23.5 Å². The molecule has 0 aliphatic carbocycles. The highest BCUT2D eigenvalue weighted by Gasteiger charge is 2.46. The van der Waals surface area contributed by atoms with Gasteiger partial charge in [-0.2, -0.15) is 0 Å². The van der Waals surface area contributed by atoms with E-state index in [1.165, 1.54) is 43.4 Å². The molecule has 8 heteroatoms. The first-order chi connectivity index (χ1) is 14.8. The molecule has 1 aliphatic rings. The quantitative estimate of drug-likeness (QED) is 0.415. The van der Waals surface area contributed by atoms with Crippen LogP contribution in [0.3, 0.4) is 0 Å². The molecule has 2 aromatic rings. The molecule has 1 aliphatic heterocycles. The summed E-state index contributed by atoms with van der Waals surface area (Å²) < 4.78 is 24.0. The molecular formula is C23H25FN2O5. The number of halogens is 1. The number of aliphatic hydroxyl groups is 1. The van der Waals surface area contributed by atoms with Crippen molar-refractivity contribution >= 4 is 17.4 Å². The Labute approximate surface area is 180 Å². The number of rotatable bonds is 7. The van der Waals surface area contributed by atoms with Crippen molar-refractivity contribution in [1.82, 2.24) is 9.80 Å². The van der Waals surface area contributed by atoms with Crippen LogP contribution in [-0.4, -0.2) is 68.0 Å². The van der Waals surface area contributed by atoms with Gasteiger partial charge in [0.25, 0.3) is 11.7 Å². The fraction of sp³-hybridized carbons (Fsp3) is 0.304. The maximum atomic E-state index is 13.3. The molecule has 0 unspecified atom stereocenters. The van der Waals surface area contributed by atoms with Crippen molar-refractivity contribution in [2.75, 3.05) is 41.4 Å². The minimum atomic E-state index is -0.829. The fourth-order valence-electron chi connectivity index (χ4n) is 3.55. The summed E-state index contributed by atoms with van der Waals surface area (Å²) in [5, 5.41) is 10.9. The van der Waals surface area contributed by atoms with Gasteiger partial charge in [-0.05, 0) is 56.1 Å². The van der Waals surface area contributed by atoms with Gasteiger partial charge in [0.05, 0.1) is 25.8 Å². The van der Waals surface area contributed by atoms with Crippen LogP contribution in [0.15, 0.2) is 48.0 Å². The van der Waals surface area contributed by atoms with Gasteiger partial charge in [-0.1, -0.05) is 6.07 Å². The number of amides is 1. The number of aliphatic hydroxyl groups excluding tert-OH is 1. The van der Waals surface area contributed by atoms with Crippen LogP contribution in [-0.2, 0) is 9.59 Å². The van der Waals surface area contributed by atoms with E-state index in [1.807, 2.05) is 19.0 Å². The van der Waals surface area contributed by atoms with Crippen LogP contribution >= 0.6 is 0 Å². The molecule has 0 saturated carbocycles. The molecule has 1 amide bonds. The van der Waals surface area contributed by atoms with E-state index >= 15 is 0 Å². The highest BCUT2D eigenvalue weighted by atomic mass is 19.1.